The molecular formula is C24H25N5O5S2. The Morgan fingerprint density at radius 1 is 1.25 bits per heavy atom. The maximum Gasteiger partial charge on any atom is 0.333 e. The molecule has 3 atom stereocenters. The van der Waals surface area contributed by atoms with E-state index in [-0.39, 0.29) is 24.2 Å². The van der Waals surface area contributed by atoms with E-state index in [2.05, 4.69) is 19.1 Å². The number of carbonyl (C=O) groups is 1. The Balaban J connectivity index is 1.28. The van der Waals surface area contributed by atoms with Crippen LogP contribution in [0.4, 0.5) is 0 Å². The summed E-state index contributed by atoms with van der Waals surface area (Å²) in [6.45, 7) is 0.431. The fourth-order valence-electron chi connectivity index (χ4n) is 4.77. The lowest BCUT2D eigenvalue weighted by Crippen LogP contribution is -2.24. The molecule has 3 N–H and O–H groups in total. The van der Waals surface area contributed by atoms with E-state index in [0.717, 1.165) is 16.6 Å². The van der Waals surface area contributed by atoms with Crippen LogP contribution < -0.4 is 5.14 Å². The summed E-state index contributed by atoms with van der Waals surface area (Å²) in [4.78, 5) is 26.8. The molecule has 1 saturated carbocycles. The van der Waals surface area contributed by atoms with Gasteiger partial charge in [-0.1, -0.05) is 12.1 Å². The molecule has 0 unspecified atom stereocenters. The number of nitrogens with two attached hydrogens (primary N) is 1. The van der Waals surface area contributed by atoms with Crippen LogP contribution in [0.25, 0.3) is 11.0 Å². The van der Waals surface area contributed by atoms with E-state index in [1.54, 1.807) is 6.33 Å². The zero-order valence-electron chi connectivity index (χ0n) is 19.2. The summed E-state index contributed by atoms with van der Waals surface area (Å²) in [7, 11) is -4.07. The summed E-state index contributed by atoms with van der Waals surface area (Å²) in [6, 6.07) is 9.78. The van der Waals surface area contributed by atoms with Gasteiger partial charge in [0.2, 0.25) is 5.78 Å². The predicted molar refractivity (Wildman–Crippen MR) is 134 cm³/mol. The zero-order valence-corrected chi connectivity index (χ0v) is 20.9. The molecule has 0 radical (unpaired) electrons. The van der Waals surface area contributed by atoms with Crippen molar-refractivity contribution in [2.75, 3.05) is 6.61 Å². The third-order valence-electron chi connectivity index (χ3n) is 6.48. The van der Waals surface area contributed by atoms with E-state index in [1.807, 2.05) is 40.3 Å². The van der Waals surface area contributed by atoms with E-state index >= 15 is 0 Å². The van der Waals surface area contributed by atoms with Crippen LogP contribution in [0.3, 0.4) is 0 Å². The van der Waals surface area contributed by atoms with Gasteiger partial charge in [0, 0.05) is 18.7 Å². The second-order valence-corrected chi connectivity index (χ2v) is 11.2. The molecule has 1 fully saturated rings. The average Bonchev–Trinajstić information content (AvgIpc) is 3.57. The Morgan fingerprint density at radius 3 is 2.92 bits per heavy atom. The summed E-state index contributed by atoms with van der Waals surface area (Å²) < 4.78 is 28.9. The van der Waals surface area contributed by atoms with Crippen LogP contribution in [0.2, 0.25) is 0 Å². The van der Waals surface area contributed by atoms with Crippen LogP contribution in [0.1, 0.15) is 39.3 Å². The number of ketones is 1. The smallest absolute Gasteiger partial charge is 0.333 e. The van der Waals surface area contributed by atoms with E-state index in [0.29, 0.717) is 41.9 Å². The molecule has 3 aromatic heterocycles. The number of thiophene rings is 1. The molecule has 4 aromatic rings. The minimum atomic E-state index is -4.07. The minimum absolute atomic E-state index is 0.0175. The van der Waals surface area contributed by atoms with Gasteiger partial charge in [-0.25, -0.2) is 20.1 Å². The van der Waals surface area contributed by atoms with Gasteiger partial charge in [-0.05, 0) is 54.3 Å². The maximum atomic E-state index is 13.4. The van der Waals surface area contributed by atoms with Crippen molar-refractivity contribution in [2.45, 2.75) is 31.9 Å². The lowest BCUT2D eigenvalue weighted by Gasteiger charge is -2.13. The summed E-state index contributed by atoms with van der Waals surface area (Å²) in [6.07, 6.45) is 5.48. The van der Waals surface area contributed by atoms with Crippen LogP contribution in [-0.4, -0.2) is 51.5 Å². The topological polar surface area (TPSA) is 150 Å². The molecule has 0 saturated heterocycles. The van der Waals surface area contributed by atoms with Gasteiger partial charge in [0.05, 0.1) is 46.2 Å². The number of aliphatic hydroxyl groups excluding tert-OH is 1. The van der Waals surface area contributed by atoms with Crippen LogP contribution in [0.5, 0.6) is 0 Å². The lowest BCUT2D eigenvalue weighted by molar-refractivity contribution is 0.100. The fraction of sp³-hybridized carbons (Fsp3) is 0.333. The molecule has 0 spiro atoms. The average molecular weight is 528 g/mol. The third kappa shape index (κ3) is 5.52. The van der Waals surface area contributed by atoms with Gasteiger partial charge in [-0.2, -0.15) is 8.42 Å². The normalized spacial score (nSPS) is 20.2. The first-order valence-corrected chi connectivity index (χ1v) is 13.8. The number of fused-ring (bicyclic) bond motifs is 1. The molecular weight excluding hydrogens is 502 g/mol. The summed E-state index contributed by atoms with van der Waals surface area (Å²) in [5, 5.41) is 17.2. The maximum absolute atomic E-state index is 13.4. The van der Waals surface area contributed by atoms with Crippen LogP contribution in [0.15, 0.2) is 54.6 Å². The number of para-hydroxylation sites is 2. The van der Waals surface area contributed by atoms with Crippen molar-refractivity contribution in [1.82, 2.24) is 19.5 Å². The first-order valence-electron chi connectivity index (χ1n) is 11.4. The van der Waals surface area contributed by atoms with Crippen molar-refractivity contribution in [3.05, 3.63) is 76.3 Å². The quantitative estimate of drug-likeness (QED) is 0.315. The van der Waals surface area contributed by atoms with E-state index < -0.39 is 16.4 Å². The van der Waals surface area contributed by atoms with E-state index in [9.17, 15) is 18.3 Å². The van der Waals surface area contributed by atoms with Gasteiger partial charge in [0.1, 0.15) is 6.33 Å². The molecule has 0 amide bonds. The summed E-state index contributed by atoms with van der Waals surface area (Å²) in [5.74, 6) is -0.484. The molecule has 10 nitrogen and oxygen atoms in total. The Kier molecular flexibility index (Phi) is 6.95. The number of aliphatic hydroxyl groups is 1. The first kappa shape index (κ1) is 24.7. The molecule has 12 heteroatoms. The molecule has 5 rings (SSSR count). The highest BCUT2D eigenvalue weighted by atomic mass is 32.2. The predicted octanol–water partition coefficient (Wildman–Crippen LogP) is 2.32. The monoisotopic (exact) mass is 527 g/mol. The van der Waals surface area contributed by atoms with Crippen LogP contribution in [-0.2, 0) is 27.5 Å². The van der Waals surface area contributed by atoms with Gasteiger partial charge in [-0.15, -0.1) is 11.3 Å². The zero-order chi connectivity index (χ0) is 25.3. The Bertz CT molecular complexity index is 1500. The number of carbonyl (C=O) groups excluding carboxylic acids is 1. The van der Waals surface area contributed by atoms with Gasteiger partial charge in [0.15, 0.2) is 0 Å². The van der Waals surface area contributed by atoms with Gasteiger partial charge >= 0.3 is 10.3 Å². The highest BCUT2D eigenvalue weighted by molar-refractivity contribution is 7.84. The number of nitrogens with zero attached hydrogens (tertiary/aromatic N) is 4. The standard InChI is InChI=1S/C24H25N5O5S2/c25-36(32,33)34-11-17-5-15(7-22(17)30)6-20-18(9-26-13-27-20)24(31)23-8-16(12-35-23)10-29-14-28-19-3-1-2-4-21(19)29/h1-4,8-9,12-15,17,22,30H,5-7,10-11H2,(H2,25,32,33)/t15-,17+,22-/m0/s1. The molecule has 3 heterocycles. The number of imidazole rings is 1. The van der Waals surface area contributed by atoms with Crippen molar-refractivity contribution < 1.29 is 22.5 Å². The number of hydrogen-bond donors (Lipinski definition) is 2. The van der Waals surface area contributed by atoms with Crippen molar-refractivity contribution >= 4 is 38.5 Å². The molecule has 1 aliphatic carbocycles. The highest BCUT2D eigenvalue weighted by Gasteiger charge is 2.35. The largest absolute Gasteiger partial charge is 0.393 e. The van der Waals surface area contributed by atoms with Crippen LogP contribution in [0, 0.1) is 11.8 Å². The van der Waals surface area contributed by atoms with Gasteiger partial charge in [-0.3, -0.25) is 8.98 Å². The second-order valence-electron chi connectivity index (χ2n) is 9.04. The Morgan fingerprint density at radius 2 is 2.08 bits per heavy atom. The summed E-state index contributed by atoms with van der Waals surface area (Å²) in [5.41, 5.74) is 3.99. The van der Waals surface area contributed by atoms with Gasteiger partial charge < -0.3 is 9.67 Å². The molecule has 36 heavy (non-hydrogen) atoms. The molecule has 188 valence electrons. The van der Waals surface area contributed by atoms with Crippen molar-refractivity contribution in [3.63, 3.8) is 0 Å². The second kappa shape index (κ2) is 10.1. The molecule has 1 aromatic carbocycles. The molecule has 0 bridgehead atoms. The van der Waals surface area contributed by atoms with Crippen LogP contribution >= 0.6 is 11.3 Å². The van der Waals surface area contributed by atoms with E-state index in [1.165, 1.54) is 23.9 Å². The highest BCUT2D eigenvalue weighted by Crippen LogP contribution is 2.34. The van der Waals surface area contributed by atoms with Crippen molar-refractivity contribution in [1.29, 1.82) is 0 Å². The van der Waals surface area contributed by atoms with Crippen molar-refractivity contribution in [2.24, 2.45) is 17.0 Å². The molecule has 1 aliphatic rings. The minimum Gasteiger partial charge on any atom is -0.393 e. The number of aromatic nitrogens is 4. The molecule has 0 aliphatic heterocycles. The summed E-state index contributed by atoms with van der Waals surface area (Å²) >= 11 is 1.38. The number of benzene rings is 1. The van der Waals surface area contributed by atoms with E-state index in [4.69, 9.17) is 5.14 Å². The third-order valence-corrected chi connectivity index (χ3v) is 7.92. The lowest BCUT2D eigenvalue weighted by atomic mass is 9.96. The Labute approximate surface area is 212 Å². The fourth-order valence-corrected chi connectivity index (χ4v) is 5.99. The Hall–Kier alpha value is -3.03. The van der Waals surface area contributed by atoms with Gasteiger partial charge in [0.25, 0.3) is 0 Å². The first-order chi connectivity index (χ1) is 17.3. The number of hydrogen-bond acceptors (Lipinski definition) is 9. The number of rotatable bonds is 9. The SMILES string of the molecule is NS(=O)(=O)OC[C@H]1C[C@@H](Cc2ncncc2C(=O)c2cc(Cn3cnc4ccccc43)cs2)C[C@@H]1O. The van der Waals surface area contributed by atoms with Crippen molar-refractivity contribution in [3.8, 4) is 0 Å².